The third kappa shape index (κ3) is 3.18. The van der Waals surface area contributed by atoms with Crippen molar-refractivity contribution >= 4 is 28.9 Å². The van der Waals surface area contributed by atoms with E-state index in [4.69, 9.17) is 10.5 Å². The zero-order valence-electron chi connectivity index (χ0n) is 13.1. The zero-order chi connectivity index (χ0) is 17.3. The van der Waals surface area contributed by atoms with E-state index in [1.807, 2.05) is 6.92 Å². The molecular formula is C13H20N6O4S. The SMILES string of the molecule is CCN(O)SCC[C@H]1O[C@@H](n2cnc3c(N)ncnc32)[C@H](O)[C@@H]1O. The van der Waals surface area contributed by atoms with Gasteiger partial charge in [0.1, 0.15) is 24.1 Å². The standard InChI is InChI=1S/C13H20N6O4S/c1-2-19(22)24-4-3-7-9(20)10(21)13(23-7)18-6-17-8-11(14)15-5-16-12(8)18/h5-7,9-10,13,20-22H,2-4H2,1H3,(H2,14,15,16)/t7-,9-,10-,13-/m1/s1. The second kappa shape index (κ2) is 7.17. The smallest absolute Gasteiger partial charge is 0.167 e. The second-order valence-corrected chi connectivity index (χ2v) is 6.51. The molecule has 3 rings (SSSR count). The molecule has 1 saturated heterocycles. The molecule has 0 amide bonds. The lowest BCUT2D eigenvalue weighted by molar-refractivity contribution is -0.0355. The van der Waals surface area contributed by atoms with Gasteiger partial charge in [-0.25, -0.2) is 15.0 Å². The molecule has 0 unspecified atom stereocenters. The number of ether oxygens (including phenoxy) is 1. The highest BCUT2D eigenvalue weighted by Crippen LogP contribution is 2.33. The van der Waals surface area contributed by atoms with E-state index in [2.05, 4.69) is 15.0 Å². The van der Waals surface area contributed by atoms with Crippen LogP contribution in [-0.4, -0.2) is 70.0 Å². The van der Waals surface area contributed by atoms with Crippen molar-refractivity contribution in [3.05, 3.63) is 12.7 Å². The van der Waals surface area contributed by atoms with Gasteiger partial charge in [0.15, 0.2) is 17.7 Å². The van der Waals surface area contributed by atoms with Crippen LogP contribution in [0.4, 0.5) is 5.82 Å². The van der Waals surface area contributed by atoms with Gasteiger partial charge in [0.05, 0.1) is 12.4 Å². The van der Waals surface area contributed by atoms with Crippen LogP contribution < -0.4 is 5.73 Å². The highest BCUT2D eigenvalue weighted by Gasteiger charge is 2.44. The van der Waals surface area contributed by atoms with E-state index in [9.17, 15) is 15.4 Å². The summed E-state index contributed by atoms with van der Waals surface area (Å²) in [6, 6.07) is 0. The number of anilines is 1. The van der Waals surface area contributed by atoms with Crippen molar-refractivity contribution in [3.8, 4) is 0 Å². The number of hydrogen-bond donors (Lipinski definition) is 4. The van der Waals surface area contributed by atoms with Gasteiger partial charge >= 0.3 is 0 Å². The number of hydrogen-bond acceptors (Lipinski definition) is 10. The summed E-state index contributed by atoms with van der Waals surface area (Å²) in [6.07, 6.45) is -0.293. The average molecular weight is 356 g/mol. The van der Waals surface area contributed by atoms with Crippen molar-refractivity contribution in [2.24, 2.45) is 0 Å². The average Bonchev–Trinajstić information content (AvgIpc) is 3.12. The van der Waals surface area contributed by atoms with Gasteiger partial charge in [0.25, 0.3) is 0 Å². The number of nitrogens with two attached hydrogens (primary N) is 1. The molecule has 5 N–H and O–H groups in total. The summed E-state index contributed by atoms with van der Waals surface area (Å²) in [5, 5.41) is 29.9. The summed E-state index contributed by atoms with van der Waals surface area (Å²) >= 11 is 1.23. The molecule has 10 nitrogen and oxygen atoms in total. The van der Waals surface area contributed by atoms with Crippen LogP contribution in [0.25, 0.3) is 11.2 Å². The molecule has 0 radical (unpaired) electrons. The lowest BCUT2D eigenvalue weighted by Crippen LogP contribution is -2.32. The fraction of sp³-hybridized carbons (Fsp3) is 0.615. The summed E-state index contributed by atoms with van der Waals surface area (Å²) in [6.45, 7) is 2.32. The zero-order valence-corrected chi connectivity index (χ0v) is 13.9. The lowest BCUT2D eigenvalue weighted by Gasteiger charge is -2.16. The van der Waals surface area contributed by atoms with Gasteiger partial charge in [-0.15, -0.1) is 4.47 Å². The largest absolute Gasteiger partial charge is 0.388 e. The van der Waals surface area contributed by atoms with Crippen molar-refractivity contribution in [3.63, 3.8) is 0 Å². The first-order chi connectivity index (χ1) is 11.5. The topological polar surface area (TPSA) is 143 Å². The summed E-state index contributed by atoms with van der Waals surface area (Å²) in [7, 11) is 0. The Balaban J connectivity index is 1.73. The molecule has 1 aliphatic heterocycles. The second-order valence-electron chi connectivity index (χ2n) is 5.42. The number of aliphatic hydroxyl groups is 2. The van der Waals surface area contributed by atoms with Gasteiger partial charge in [-0.1, -0.05) is 11.9 Å². The van der Waals surface area contributed by atoms with E-state index in [0.29, 0.717) is 29.9 Å². The summed E-state index contributed by atoms with van der Waals surface area (Å²) in [5.74, 6) is 0.785. The Hall–Kier alpha value is -1.50. The van der Waals surface area contributed by atoms with Crippen molar-refractivity contribution < 1.29 is 20.2 Å². The van der Waals surface area contributed by atoms with Crippen LogP contribution >= 0.6 is 11.9 Å². The maximum Gasteiger partial charge on any atom is 0.167 e. The van der Waals surface area contributed by atoms with Crippen molar-refractivity contribution in [1.29, 1.82) is 0 Å². The van der Waals surface area contributed by atoms with Crippen LogP contribution in [0, 0.1) is 0 Å². The number of fused-ring (bicyclic) bond motifs is 1. The van der Waals surface area contributed by atoms with Gasteiger partial charge in [-0.05, 0) is 13.3 Å². The van der Waals surface area contributed by atoms with Crippen molar-refractivity contribution in [1.82, 2.24) is 24.0 Å². The minimum absolute atomic E-state index is 0.238. The third-order valence-corrected chi connectivity index (χ3v) is 4.89. The Kier molecular flexibility index (Phi) is 5.18. The molecule has 0 bridgehead atoms. The molecule has 2 aromatic rings. The van der Waals surface area contributed by atoms with Gasteiger partial charge in [0.2, 0.25) is 0 Å². The molecule has 24 heavy (non-hydrogen) atoms. The summed E-state index contributed by atoms with van der Waals surface area (Å²) in [5.41, 5.74) is 6.60. The number of imidazole rings is 1. The van der Waals surface area contributed by atoms with E-state index < -0.39 is 24.5 Å². The summed E-state index contributed by atoms with van der Waals surface area (Å²) in [4.78, 5) is 12.1. The number of aliphatic hydroxyl groups excluding tert-OH is 2. The molecule has 11 heteroatoms. The number of aromatic nitrogens is 4. The number of nitrogens with zero attached hydrogens (tertiary/aromatic N) is 5. The third-order valence-electron chi connectivity index (χ3n) is 3.91. The van der Waals surface area contributed by atoms with Crippen LogP contribution in [-0.2, 0) is 4.74 Å². The van der Waals surface area contributed by atoms with E-state index in [1.54, 1.807) is 4.57 Å². The monoisotopic (exact) mass is 356 g/mol. The first-order valence-corrected chi connectivity index (χ1v) is 8.51. The van der Waals surface area contributed by atoms with Crippen LogP contribution in [0.5, 0.6) is 0 Å². The molecule has 0 aromatic carbocycles. The van der Waals surface area contributed by atoms with Crippen LogP contribution in [0.2, 0.25) is 0 Å². The molecule has 0 spiro atoms. The Morgan fingerprint density at radius 1 is 1.33 bits per heavy atom. The molecule has 1 fully saturated rings. The fourth-order valence-corrected chi connectivity index (χ4v) is 3.35. The maximum absolute atomic E-state index is 10.3. The van der Waals surface area contributed by atoms with Crippen molar-refractivity contribution in [2.45, 2.75) is 37.9 Å². The van der Waals surface area contributed by atoms with Gasteiger partial charge in [-0.3, -0.25) is 4.57 Å². The molecule has 1 aliphatic rings. The predicted molar refractivity (Wildman–Crippen MR) is 86.9 cm³/mol. The van der Waals surface area contributed by atoms with E-state index in [-0.39, 0.29) is 5.82 Å². The lowest BCUT2D eigenvalue weighted by atomic mass is 10.1. The number of hydroxylamine groups is 1. The van der Waals surface area contributed by atoms with Gasteiger partial charge in [-0.2, -0.15) is 0 Å². The molecule has 3 heterocycles. The Morgan fingerprint density at radius 3 is 2.88 bits per heavy atom. The Labute approximate surface area is 142 Å². The molecule has 4 atom stereocenters. The Morgan fingerprint density at radius 2 is 2.12 bits per heavy atom. The van der Waals surface area contributed by atoms with Gasteiger partial charge < -0.3 is 25.9 Å². The van der Waals surface area contributed by atoms with Crippen LogP contribution in [0.15, 0.2) is 12.7 Å². The summed E-state index contributed by atoms with van der Waals surface area (Å²) < 4.78 is 8.45. The fourth-order valence-electron chi connectivity index (χ4n) is 2.62. The maximum atomic E-state index is 10.3. The minimum Gasteiger partial charge on any atom is -0.388 e. The van der Waals surface area contributed by atoms with E-state index >= 15 is 0 Å². The first kappa shape index (κ1) is 17.3. The molecular weight excluding hydrogens is 336 g/mol. The molecule has 0 saturated carbocycles. The number of rotatable bonds is 6. The highest BCUT2D eigenvalue weighted by atomic mass is 32.2. The normalized spacial score (nSPS) is 27.4. The molecule has 132 valence electrons. The quantitative estimate of drug-likeness (QED) is 0.405. The highest BCUT2D eigenvalue weighted by molar-refractivity contribution is 7.96. The first-order valence-electron chi connectivity index (χ1n) is 7.56. The van der Waals surface area contributed by atoms with Gasteiger partial charge in [0, 0.05) is 12.3 Å². The molecule has 0 aliphatic carbocycles. The Bertz CT molecular complexity index is 700. The van der Waals surface area contributed by atoms with Crippen LogP contribution in [0.1, 0.15) is 19.6 Å². The van der Waals surface area contributed by atoms with E-state index in [1.165, 1.54) is 24.6 Å². The molecule has 2 aromatic heterocycles. The number of nitrogen functional groups attached to an aromatic ring is 1. The van der Waals surface area contributed by atoms with Crippen molar-refractivity contribution in [2.75, 3.05) is 18.0 Å². The predicted octanol–water partition coefficient (Wildman–Crippen LogP) is -0.223. The minimum atomic E-state index is -1.12. The van der Waals surface area contributed by atoms with Crippen LogP contribution in [0.3, 0.4) is 0 Å². The van der Waals surface area contributed by atoms with E-state index in [0.717, 1.165) is 4.47 Å².